The predicted molar refractivity (Wildman–Crippen MR) is 89.5 cm³/mol. The van der Waals surface area contributed by atoms with E-state index in [1.54, 1.807) is 21.3 Å². The third-order valence-electron chi connectivity index (χ3n) is 4.27. The Morgan fingerprint density at radius 2 is 0.857 bits per heavy atom. The molecule has 0 amide bonds. The van der Waals surface area contributed by atoms with Gasteiger partial charge in [0.1, 0.15) is 0 Å². The van der Waals surface area contributed by atoms with Crippen molar-refractivity contribution in [1.29, 1.82) is 0 Å². The Morgan fingerprint density at radius 1 is 0.524 bits per heavy atom. The van der Waals surface area contributed by atoms with Crippen LogP contribution in [0.3, 0.4) is 0 Å². The van der Waals surface area contributed by atoms with Gasteiger partial charge in [0.15, 0.2) is 0 Å². The second kappa shape index (κ2) is 14.8. The van der Waals surface area contributed by atoms with Crippen LogP contribution in [0.25, 0.3) is 0 Å². The smallest absolute Gasteiger partial charge is 0.282 e. The summed E-state index contributed by atoms with van der Waals surface area (Å²) in [4.78, 5) is 0. The van der Waals surface area contributed by atoms with Crippen LogP contribution in [0.4, 0.5) is 0 Å². The summed E-state index contributed by atoms with van der Waals surface area (Å²) >= 11 is 0. The van der Waals surface area contributed by atoms with Gasteiger partial charge in [-0.05, 0) is 6.42 Å². The van der Waals surface area contributed by atoms with E-state index in [0.29, 0.717) is 0 Å². The van der Waals surface area contributed by atoms with Crippen molar-refractivity contribution in [1.82, 2.24) is 0 Å². The lowest BCUT2D eigenvalue weighted by molar-refractivity contribution is -0.355. The quantitative estimate of drug-likeness (QED) is 0.271. The summed E-state index contributed by atoms with van der Waals surface area (Å²) in [5.41, 5.74) is 0. The zero-order valence-electron chi connectivity index (χ0n) is 14.9. The van der Waals surface area contributed by atoms with Crippen molar-refractivity contribution < 1.29 is 14.2 Å². The van der Waals surface area contributed by atoms with E-state index in [1.165, 1.54) is 70.6 Å². The maximum Gasteiger partial charge on any atom is 0.282 e. The van der Waals surface area contributed by atoms with Crippen molar-refractivity contribution in [3.63, 3.8) is 0 Å². The topological polar surface area (TPSA) is 27.7 Å². The first-order valence-corrected chi connectivity index (χ1v) is 8.90. The fraction of sp³-hybridized carbons (Fsp3) is 1.00. The number of rotatable bonds is 16. The lowest BCUT2D eigenvalue weighted by Crippen LogP contribution is -2.35. The summed E-state index contributed by atoms with van der Waals surface area (Å²) < 4.78 is 15.9. The highest BCUT2D eigenvalue weighted by molar-refractivity contribution is 4.57. The van der Waals surface area contributed by atoms with Crippen molar-refractivity contribution in [3.05, 3.63) is 0 Å². The standard InChI is InChI=1S/C18H38O3/c1-5-6-7-8-9-10-11-12-13-14-15-16-17-18(19-2,20-3)21-4/h5-17H2,1-4H3. The number of methoxy groups -OCH3 is 3. The first kappa shape index (κ1) is 20.9. The molecule has 0 saturated heterocycles. The summed E-state index contributed by atoms with van der Waals surface area (Å²) in [6, 6.07) is 0. The molecule has 3 heteroatoms. The van der Waals surface area contributed by atoms with Crippen LogP contribution in [-0.4, -0.2) is 27.3 Å². The molecule has 0 bridgehead atoms. The average molecular weight is 302 g/mol. The highest BCUT2D eigenvalue weighted by atomic mass is 16.9. The van der Waals surface area contributed by atoms with Crippen molar-refractivity contribution in [3.8, 4) is 0 Å². The van der Waals surface area contributed by atoms with E-state index < -0.39 is 5.97 Å². The van der Waals surface area contributed by atoms with Gasteiger partial charge in [-0.3, -0.25) is 0 Å². The number of ether oxygens (including phenoxy) is 3. The van der Waals surface area contributed by atoms with Gasteiger partial charge in [0.2, 0.25) is 0 Å². The van der Waals surface area contributed by atoms with Crippen LogP contribution in [0, 0.1) is 0 Å². The third kappa shape index (κ3) is 11.1. The van der Waals surface area contributed by atoms with Crippen LogP contribution in [-0.2, 0) is 14.2 Å². The summed E-state index contributed by atoms with van der Waals surface area (Å²) in [7, 11) is 4.90. The van der Waals surface area contributed by atoms with Gasteiger partial charge in [-0.2, -0.15) is 0 Å². The monoisotopic (exact) mass is 302 g/mol. The molecule has 0 heterocycles. The zero-order valence-corrected chi connectivity index (χ0v) is 14.9. The van der Waals surface area contributed by atoms with Crippen LogP contribution < -0.4 is 0 Å². The van der Waals surface area contributed by atoms with E-state index in [0.717, 1.165) is 12.8 Å². The largest absolute Gasteiger partial charge is 0.331 e. The molecule has 0 spiro atoms. The first-order valence-electron chi connectivity index (χ1n) is 8.90. The number of hydrogen-bond acceptors (Lipinski definition) is 3. The Hall–Kier alpha value is -0.120. The van der Waals surface area contributed by atoms with Crippen molar-refractivity contribution >= 4 is 0 Å². The second-order valence-corrected chi connectivity index (χ2v) is 5.93. The lowest BCUT2D eigenvalue weighted by Gasteiger charge is -2.28. The van der Waals surface area contributed by atoms with Gasteiger partial charge in [0.05, 0.1) is 0 Å². The minimum Gasteiger partial charge on any atom is -0.331 e. The Labute approximate surface area is 132 Å². The molecule has 0 aliphatic carbocycles. The molecule has 21 heavy (non-hydrogen) atoms. The minimum atomic E-state index is -0.835. The zero-order chi connectivity index (χ0) is 15.8. The van der Waals surface area contributed by atoms with Crippen LogP contribution >= 0.6 is 0 Å². The molecule has 0 saturated carbocycles. The van der Waals surface area contributed by atoms with Gasteiger partial charge in [-0.25, -0.2) is 0 Å². The van der Waals surface area contributed by atoms with E-state index in [9.17, 15) is 0 Å². The molecule has 3 nitrogen and oxygen atoms in total. The molecule has 0 N–H and O–H groups in total. The number of unbranched alkanes of at least 4 members (excludes halogenated alkanes) is 11. The van der Waals surface area contributed by atoms with E-state index >= 15 is 0 Å². The second-order valence-electron chi connectivity index (χ2n) is 5.93. The summed E-state index contributed by atoms with van der Waals surface area (Å²) in [6.07, 6.45) is 17.0. The highest BCUT2D eigenvalue weighted by Gasteiger charge is 2.28. The molecule has 0 radical (unpaired) electrons. The van der Waals surface area contributed by atoms with E-state index in [1.807, 2.05) is 0 Å². The van der Waals surface area contributed by atoms with Crippen molar-refractivity contribution in [2.45, 2.75) is 96.4 Å². The summed E-state index contributed by atoms with van der Waals surface area (Å²) in [5, 5.41) is 0. The Bertz CT molecular complexity index is 194. The number of hydrogen-bond donors (Lipinski definition) is 0. The first-order chi connectivity index (χ1) is 10.2. The molecule has 128 valence electrons. The maximum atomic E-state index is 5.29. The molecule has 0 unspecified atom stereocenters. The molecule has 0 aromatic carbocycles. The molecular formula is C18H38O3. The van der Waals surface area contributed by atoms with Gasteiger partial charge < -0.3 is 14.2 Å². The summed E-state index contributed by atoms with van der Waals surface area (Å²) in [6.45, 7) is 2.27. The fourth-order valence-corrected chi connectivity index (χ4v) is 2.74. The van der Waals surface area contributed by atoms with Gasteiger partial charge in [0, 0.05) is 27.8 Å². The van der Waals surface area contributed by atoms with Gasteiger partial charge in [-0.1, -0.05) is 77.6 Å². The van der Waals surface area contributed by atoms with Crippen molar-refractivity contribution in [2.24, 2.45) is 0 Å². The van der Waals surface area contributed by atoms with Gasteiger partial charge >= 0.3 is 0 Å². The SMILES string of the molecule is CCCCCCCCCCCCCCC(OC)(OC)OC. The maximum absolute atomic E-state index is 5.29. The molecule has 0 rings (SSSR count). The molecule has 0 aliphatic heterocycles. The normalized spacial score (nSPS) is 12.0. The Morgan fingerprint density at radius 3 is 1.19 bits per heavy atom. The van der Waals surface area contributed by atoms with Crippen LogP contribution in [0.1, 0.15) is 90.4 Å². The lowest BCUT2D eigenvalue weighted by atomic mass is 10.0. The third-order valence-corrected chi connectivity index (χ3v) is 4.27. The predicted octanol–water partition coefficient (Wildman–Crippen LogP) is 5.67. The highest BCUT2D eigenvalue weighted by Crippen LogP contribution is 2.21. The molecule has 0 atom stereocenters. The van der Waals surface area contributed by atoms with Crippen LogP contribution in [0.15, 0.2) is 0 Å². The van der Waals surface area contributed by atoms with Gasteiger partial charge in [-0.15, -0.1) is 0 Å². The van der Waals surface area contributed by atoms with E-state index in [4.69, 9.17) is 14.2 Å². The molecule has 0 fully saturated rings. The van der Waals surface area contributed by atoms with Crippen LogP contribution in [0.2, 0.25) is 0 Å². The van der Waals surface area contributed by atoms with E-state index in [-0.39, 0.29) is 0 Å². The molecular weight excluding hydrogens is 264 g/mol. The van der Waals surface area contributed by atoms with Crippen LogP contribution in [0.5, 0.6) is 0 Å². The van der Waals surface area contributed by atoms with Crippen molar-refractivity contribution in [2.75, 3.05) is 21.3 Å². The Kier molecular flexibility index (Phi) is 14.7. The van der Waals surface area contributed by atoms with E-state index in [2.05, 4.69) is 6.92 Å². The summed E-state index contributed by atoms with van der Waals surface area (Å²) in [5.74, 6) is -0.835. The minimum absolute atomic E-state index is 0.800. The Balaban J connectivity index is 3.29. The molecule has 0 aliphatic rings. The fourth-order valence-electron chi connectivity index (χ4n) is 2.74. The molecule has 0 aromatic rings. The van der Waals surface area contributed by atoms with Gasteiger partial charge in [0.25, 0.3) is 5.97 Å². The molecule has 0 aromatic heterocycles. The average Bonchev–Trinajstić information content (AvgIpc) is 2.53.